The van der Waals surface area contributed by atoms with E-state index in [1.165, 1.54) is 13.2 Å². The fourth-order valence-electron chi connectivity index (χ4n) is 2.86. The van der Waals surface area contributed by atoms with Crippen LogP contribution in [0.2, 0.25) is 0 Å². The zero-order valence-corrected chi connectivity index (χ0v) is 14.1. The number of carbonyl (C=O) groups is 1. The van der Waals surface area contributed by atoms with Gasteiger partial charge in [-0.2, -0.15) is 13.2 Å². The van der Waals surface area contributed by atoms with Crippen LogP contribution >= 0.6 is 0 Å². The molecule has 1 aliphatic rings. The molecule has 1 fully saturated rings. The van der Waals surface area contributed by atoms with Crippen molar-refractivity contribution in [2.75, 3.05) is 20.2 Å². The molecular formula is C17H23F3N2O2. The van der Waals surface area contributed by atoms with Crippen molar-refractivity contribution in [2.24, 2.45) is 5.92 Å². The minimum absolute atomic E-state index is 0.00866. The lowest BCUT2D eigenvalue weighted by Gasteiger charge is -2.31. The third-order valence-electron chi connectivity index (χ3n) is 4.21. The summed E-state index contributed by atoms with van der Waals surface area (Å²) in [5.74, 6) is -0.0333. The van der Waals surface area contributed by atoms with E-state index in [1.54, 1.807) is 4.90 Å². The number of alkyl halides is 3. The Hall–Kier alpha value is -1.76. The van der Waals surface area contributed by atoms with E-state index in [1.807, 2.05) is 13.8 Å². The Bertz CT molecular complexity index is 582. The molecule has 1 aromatic carbocycles. The van der Waals surface area contributed by atoms with E-state index >= 15 is 0 Å². The largest absolute Gasteiger partial charge is 0.496 e. The van der Waals surface area contributed by atoms with Gasteiger partial charge in [-0.1, -0.05) is 19.9 Å². The van der Waals surface area contributed by atoms with Crippen molar-refractivity contribution in [1.82, 2.24) is 10.2 Å². The van der Waals surface area contributed by atoms with Crippen LogP contribution in [0.5, 0.6) is 5.75 Å². The van der Waals surface area contributed by atoms with Crippen molar-refractivity contribution >= 4 is 5.91 Å². The number of amides is 1. The predicted molar refractivity (Wildman–Crippen MR) is 84.7 cm³/mol. The molecule has 1 saturated heterocycles. The van der Waals surface area contributed by atoms with Gasteiger partial charge in [0.2, 0.25) is 5.91 Å². The molecule has 1 heterocycles. The first-order valence-corrected chi connectivity index (χ1v) is 7.99. The fourth-order valence-corrected chi connectivity index (χ4v) is 2.86. The SMILES string of the molecule is COc1cc(C(F)(F)F)ccc1CN(C(=O)C(C)C)[C@H]1CCNC1. The highest BCUT2D eigenvalue weighted by atomic mass is 19.4. The second-order valence-corrected chi connectivity index (χ2v) is 6.29. The normalized spacial score (nSPS) is 18.0. The minimum atomic E-state index is -4.42. The number of benzene rings is 1. The van der Waals surface area contributed by atoms with E-state index in [9.17, 15) is 18.0 Å². The van der Waals surface area contributed by atoms with Crippen LogP contribution in [0.3, 0.4) is 0 Å². The van der Waals surface area contributed by atoms with Gasteiger partial charge in [0.05, 0.1) is 12.7 Å². The number of halogens is 3. The Morgan fingerprint density at radius 3 is 2.62 bits per heavy atom. The van der Waals surface area contributed by atoms with E-state index in [0.29, 0.717) is 12.1 Å². The first-order chi connectivity index (χ1) is 11.2. The topological polar surface area (TPSA) is 41.6 Å². The molecule has 0 radical (unpaired) electrons. The molecule has 7 heteroatoms. The number of hydrogen-bond acceptors (Lipinski definition) is 3. The average Bonchev–Trinajstić information content (AvgIpc) is 3.04. The summed E-state index contributed by atoms with van der Waals surface area (Å²) in [4.78, 5) is 14.3. The quantitative estimate of drug-likeness (QED) is 0.893. The van der Waals surface area contributed by atoms with Crippen LogP contribution in [0, 0.1) is 5.92 Å². The fraction of sp³-hybridized carbons (Fsp3) is 0.588. The lowest BCUT2D eigenvalue weighted by atomic mass is 10.1. The molecule has 0 aromatic heterocycles. The van der Waals surface area contributed by atoms with Crippen LogP contribution in [0.4, 0.5) is 13.2 Å². The molecule has 1 atom stereocenters. The van der Waals surface area contributed by atoms with Crippen molar-refractivity contribution in [1.29, 1.82) is 0 Å². The summed E-state index contributed by atoms with van der Waals surface area (Å²) in [5.41, 5.74) is -0.182. The molecule has 24 heavy (non-hydrogen) atoms. The summed E-state index contributed by atoms with van der Waals surface area (Å²) in [7, 11) is 1.34. The maximum absolute atomic E-state index is 12.8. The van der Waals surface area contributed by atoms with Gasteiger partial charge in [-0.15, -0.1) is 0 Å². The molecule has 4 nitrogen and oxygen atoms in total. The Kier molecular flexibility index (Phi) is 5.74. The Labute approximate surface area is 140 Å². The number of ether oxygens (including phenoxy) is 1. The van der Waals surface area contributed by atoms with Crippen LogP contribution in [-0.4, -0.2) is 37.0 Å². The van der Waals surface area contributed by atoms with E-state index in [2.05, 4.69) is 5.32 Å². The summed E-state index contributed by atoms with van der Waals surface area (Å²) in [6.07, 6.45) is -3.59. The van der Waals surface area contributed by atoms with Crippen molar-refractivity contribution < 1.29 is 22.7 Å². The monoisotopic (exact) mass is 344 g/mol. The standard InChI is InChI=1S/C17H23F3N2O2/c1-11(2)16(23)22(14-6-7-21-9-14)10-12-4-5-13(17(18,19)20)8-15(12)24-3/h4-5,8,11,14,21H,6-7,9-10H2,1-3H3/t14-/m0/s1. The van der Waals surface area contributed by atoms with Crippen molar-refractivity contribution in [3.63, 3.8) is 0 Å². The second kappa shape index (κ2) is 7.42. The number of methoxy groups -OCH3 is 1. The van der Waals surface area contributed by atoms with Gasteiger partial charge < -0.3 is 15.0 Å². The van der Waals surface area contributed by atoms with Gasteiger partial charge in [0.15, 0.2) is 0 Å². The van der Waals surface area contributed by atoms with E-state index < -0.39 is 11.7 Å². The number of nitrogens with zero attached hydrogens (tertiary/aromatic N) is 1. The summed E-state index contributed by atoms with van der Waals surface area (Å²) in [6.45, 7) is 5.41. The number of rotatable bonds is 5. The van der Waals surface area contributed by atoms with E-state index in [-0.39, 0.29) is 30.2 Å². The molecule has 0 aliphatic carbocycles. The molecule has 1 amide bonds. The third-order valence-corrected chi connectivity index (χ3v) is 4.21. The average molecular weight is 344 g/mol. The summed E-state index contributed by atoms with van der Waals surface area (Å²) in [6, 6.07) is 3.46. The number of hydrogen-bond donors (Lipinski definition) is 1. The predicted octanol–water partition coefficient (Wildman–Crippen LogP) is 3.06. The lowest BCUT2D eigenvalue weighted by molar-refractivity contribution is -0.138. The van der Waals surface area contributed by atoms with Crippen LogP contribution in [0.25, 0.3) is 0 Å². The lowest BCUT2D eigenvalue weighted by Crippen LogP contribution is -2.43. The van der Waals surface area contributed by atoms with Gasteiger partial charge in [-0.05, 0) is 25.1 Å². The summed E-state index contributed by atoms with van der Waals surface area (Å²) in [5, 5.41) is 3.22. The van der Waals surface area contributed by atoms with Crippen molar-refractivity contribution in [3.8, 4) is 5.75 Å². The Morgan fingerprint density at radius 2 is 2.12 bits per heavy atom. The second-order valence-electron chi connectivity index (χ2n) is 6.29. The first-order valence-electron chi connectivity index (χ1n) is 7.99. The van der Waals surface area contributed by atoms with Crippen LogP contribution in [-0.2, 0) is 17.5 Å². The van der Waals surface area contributed by atoms with Crippen molar-refractivity contribution in [3.05, 3.63) is 29.3 Å². The Balaban J connectivity index is 2.29. The van der Waals surface area contributed by atoms with Gasteiger partial charge in [-0.25, -0.2) is 0 Å². The highest BCUT2D eigenvalue weighted by Gasteiger charge is 2.32. The van der Waals surface area contributed by atoms with Crippen LogP contribution in [0.1, 0.15) is 31.4 Å². The van der Waals surface area contributed by atoms with Gasteiger partial charge in [0.1, 0.15) is 5.75 Å². The zero-order valence-electron chi connectivity index (χ0n) is 14.1. The molecule has 1 aliphatic heterocycles. The molecule has 0 unspecified atom stereocenters. The molecular weight excluding hydrogens is 321 g/mol. The van der Waals surface area contributed by atoms with Gasteiger partial charge in [-0.3, -0.25) is 4.79 Å². The molecule has 2 rings (SSSR count). The van der Waals surface area contributed by atoms with Crippen LogP contribution < -0.4 is 10.1 Å². The van der Waals surface area contributed by atoms with Gasteiger partial charge in [0.25, 0.3) is 0 Å². The van der Waals surface area contributed by atoms with E-state index in [0.717, 1.165) is 25.1 Å². The minimum Gasteiger partial charge on any atom is -0.496 e. The van der Waals surface area contributed by atoms with Crippen molar-refractivity contribution in [2.45, 2.75) is 39.0 Å². The zero-order chi connectivity index (χ0) is 17.9. The maximum atomic E-state index is 12.8. The third kappa shape index (κ3) is 4.20. The van der Waals surface area contributed by atoms with Gasteiger partial charge in [0, 0.05) is 30.6 Å². The van der Waals surface area contributed by atoms with E-state index in [4.69, 9.17) is 4.74 Å². The molecule has 0 spiro atoms. The number of nitrogens with one attached hydrogen (secondary N) is 1. The van der Waals surface area contributed by atoms with Gasteiger partial charge >= 0.3 is 6.18 Å². The molecule has 1 aromatic rings. The smallest absolute Gasteiger partial charge is 0.416 e. The van der Waals surface area contributed by atoms with Crippen LogP contribution in [0.15, 0.2) is 18.2 Å². The summed E-state index contributed by atoms with van der Waals surface area (Å²) >= 11 is 0. The first kappa shape index (κ1) is 18.6. The molecule has 1 N–H and O–H groups in total. The molecule has 0 bridgehead atoms. The molecule has 134 valence electrons. The Morgan fingerprint density at radius 1 is 1.42 bits per heavy atom. The highest BCUT2D eigenvalue weighted by Crippen LogP contribution is 2.34. The number of carbonyl (C=O) groups excluding carboxylic acids is 1. The maximum Gasteiger partial charge on any atom is 0.416 e. The summed E-state index contributed by atoms with van der Waals surface area (Å²) < 4.78 is 43.7. The molecule has 0 saturated carbocycles. The highest BCUT2D eigenvalue weighted by molar-refractivity contribution is 5.78.